The molecule has 6 nitrogen and oxygen atoms in total. The number of amidine groups is 1. The second-order valence-corrected chi connectivity index (χ2v) is 8.07. The van der Waals surface area contributed by atoms with Gasteiger partial charge in [-0.15, -0.1) is 0 Å². The molecule has 1 aliphatic heterocycles. The molecule has 0 saturated carbocycles. The van der Waals surface area contributed by atoms with Gasteiger partial charge in [0.15, 0.2) is 5.17 Å². The SMILES string of the molecule is CCC/N=C1/S/C(=C\c2ccc(O/C=C\C(=O)O)c(Cl)c2)C(=O)N1c1ccccc1C. The van der Waals surface area contributed by atoms with Crippen molar-refractivity contribution in [2.75, 3.05) is 11.4 Å². The summed E-state index contributed by atoms with van der Waals surface area (Å²) in [5.41, 5.74) is 2.52. The number of carbonyl (C=O) groups is 2. The Morgan fingerprint density at radius 1 is 1.29 bits per heavy atom. The van der Waals surface area contributed by atoms with E-state index in [0.29, 0.717) is 27.4 Å². The van der Waals surface area contributed by atoms with Crippen LogP contribution >= 0.6 is 23.4 Å². The van der Waals surface area contributed by atoms with Crippen molar-refractivity contribution in [1.29, 1.82) is 0 Å². The second kappa shape index (κ2) is 10.3. The monoisotopic (exact) mass is 456 g/mol. The number of carboxylic acids is 1. The average Bonchev–Trinajstić information content (AvgIpc) is 3.03. The zero-order chi connectivity index (χ0) is 22.4. The Bertz CT molecular complexity index is 1090. The summed E-state index contributed by atoms with van der Waals surface area (Å²) in [5.74, 6) is -0.943. The molecule has 2 aromatic rings. The Morgan fingerprint density at radius 3 is 2.74 bits per heavy atom. The summed E-state index contributed by atoms with van der Waals surface area (Å²) in [6.07, 6.45) is 4.56. The molecule has 1 N–H and O–H groups in total. The van der Waals surface area contributed by atoms with Crippen LogP contribution < -0.4 is 9.64 Å². The van der Waals surface area contributed by atoms with Crippen LogP contribution in [-0.4, -0.2) is 28.7 Å². The zero-order valence-corrected chi connectivity index (χ0v) is 18.6. The average molecular weight is 457 g/mol. The van der Waals surface area contributed by atoms with Gasteiger partial charge in [-0.25, -0.2) is 4.79 Å². The number of aryl methyl sites for hydroxylation is 1. The number of amides is 1. The van der Waals surface area contributed by atoms with Crippen molar-refractivity contribution in [3.05, 3.63) is 75.9 Å². The first-order valence-corrected chi connectivity index (χ1v) is 10.8. The van der Waals surface area contributed by atoms with Gasteiger partial charge < -0.3 is 9.84 Å². The number of nitrogens with zero attached hydrogens (tertiary/aromatic N) is 2. The highest BCUT2D eigenvalue weighted by molar-refractivity contribution is 8.19. The van der Waals surface area contributed by atoms with Crippen LogP contribution in [0.2, 0.25) is 5.02 Å². The Kier molecular flexibility index (Phi) is 7.55. The van der Waals surface area contributed by atoms with E-state index < -0.39 is 5.97 Å². The van der Waals surface area contributed by atoms with Crippen LogP contribution in [0.4, 0.5) is 5.69 Å². The molecule has 3 rings (SSSR count). The second-order valence-electron chi connectivity index (χ2n) is 6.65. The normalized spacial score (nSPS) is 16.6. The zero-order valence-electron chi connectivity index (χ0n) is 17.0. The van der Waals surface area contributed by atoms with Gasteiger partial charge in [0.25, 0.3) is 5.91 Å². The molecule has 1 fully saturated rings. The molecule has 0 atom stereocenters. The quantitative estimate of drug-likeness (QED) is 0.438. The summed E-state index contributed by atoms with van der Waals surface area (Å²) in [6.45, 7) is 4.63. The van der Waals surface area contributed by atoms with E-state index >= 15 is 0 Å². The highest BCUT2D eigenvalue weighted by Gasteiger charge is 2.35. The third kappa shape index (κ3) is 5.57. The topological polar surface area (TPSA) is 79.2 Å². The number of hydrogen-bond donors (Lipinski definition) is 1. The van der Waals surface area contributed by atoms with Crippen LogP contribution in [0.3, 0.4) is 0 Å². The minimum absolute atomic E-state index is 0.144. The fraction of sp³-hybridized carbons (Fsp3) is 0.174. The highest BCUT2D eigenvalue weighted by atomic mass is 35.5. The van der Waals surface area contributed by atoms with Crippen LogP contribution in [0.1, 0.15) is 24.5 Å². The number of carboxylic acid groups (broad SMARTS) is 1. The maximum atomic E-state index is 13.2. The summed E-state index contributed by atoms with van der Waals surface area (Å²) in [5, 5.41) is 9.58. The standard InChI is InChI=1S/C23H21ClN2O4S/c1-3-11-25-23-26(18-7-5-4-6-15(18)2)22(29)20(31-23)14-16-8-9-19(17(24)13-16)30-12-10-21(27)28/h4-10,12-14H,3,11H2,1-2H3,(H,27,28)/b12-10-,20-14-,25-23+. The molecule has 0 bridgehead atoms. The van der Waals surface area contributed by atoms with E-state index in [1.165, 1.54) is 11.8 Å². The molecule has 1 amide bonds. The Balaban J connectivity index is 1.90. The van der Waals surface area contributed by atoms with Gasteiger partial charge in [-0.2, -0.15) is 0 Å². The van der Waals surface area contributed by atoms with Gasteiger partial charge in [-0.05, 0) is 60.5 Å². The molecule has 31 heavy (non-hydrogen) atoms. The number of hydrogen-bond acceptors (Lipinski definition) is 5. The first-order chi connectivity index (χ1) is 14.9. The smallest absolute Gasteiger partial charge is 0.331 e. The molecule has 8 heteroatoms. The lowest BCUT2D eigenvalue weighted by molar-refractivity contribution is -0.131. The molecule has 2 aromatic carbocycles. The van der Waals surface area contributed by atoms with E-state index in [4.69, 9.17) is 21.4 Å². The summed E-state index contributed by atoms with van der Waals surface area (Å²) in [7, 11) is 0. The summed E-state index contributed by atoms with van der Waals surface area (Å²) in [4.78, 5) is 30.6. The van der Waals surface area contributed by atoms with Crippen LogP contribution in [0.15, 0.2) is 64.7 Å². The molecule has 0 radical (unpaired) electrons. The van der Waals surface area contributed by atoms with Gasteiger partial charge in [0, 0.05) is 6.54 Å². The molecular weight excluding hydrogens is 436 g/mol. The first-order valence-electron chi connectivity index (χ1n) is 9.60. The van der Waals surface area contributed by atoms with Crippen LogP contribution in [-0.2, 0) is 9.59 Å². The Hall–Kier alpha value is -3.03. The van der Waals surface area contributed by atoms with Gasteiger partial charge in [0.1, 0.15) is 5.75 Å². The van der Waals surface area contributed by atoms with Crippen molar-refractivity contribution in [1.82, 2.24) is 0 Å². The molecule has 1 aliphatic rings. The fourth-order valence-corrected chi connectivity index (χ4v) is 4.06. The van der Waals surface area contributed by atoms with Gasteiger partial charge in [-0.1, -0.05) is 42.8 Å². The van der Waals surface area contributed by atoms with Crippen LogP contribution in [0.25, 0.3) is 6.08 Å². The van der Waals surface area contributed by atoms with Gasteiger partial charge in [0.05, 0.1) is 28.0 Å². The highest BCUT2D eigenvalue weighted by Crippen LogP contribution is 2.38. The van der Waals surface area contributed by atoms with E-state index in [-0.39, 0.29) is 5.91 Å². The van der Waals surface area contributed by atoms with Crippen LogP contribution in [0, 0.1) is 6.92 Å². The van der Waals surface area contributed by atoms with E-state index in [9.17, 15) is 9.59 Å². The Morgan fingerprint density at radius 2 is 2.06 bits per heavy atom. The number of aliphatic imine (C=N–C) groups is 1. The molecule has 0 aliphatic carbocycles. The van der Waals surface area contributed by atoms with E-state index in [2.05, 4.69) is 4.99 Å². The fourth-order valence-electron chi connectivity index (χ4n) is 2.83. The number of aliphatic carboxylic acids is 1. The van der Waals surface area contributed by atoms with Crippen molar-refractivity contribution >= 4 is 52.2 Å². The third-order valence-electron chi connectivity index (χ3n) is 4.29. The lowest BCUT2D eigenvalue weighted by Gasteiger charge is -2.17. The first kappa shape index (κ1) is 22.7. The number of thioether (sulfide) groups is 1. The number of halogens is 1. The molecule has 0 spiro atoms. The number of carbonyl (C=O) groups excluding carboxylic acids is 1. The number of benzene rings is 2. The van der Waals surface area contributed by atoms with Gasteiger partial charge in [0.2, 0.25) is 0 Å². The number of ether oxygens (including phenoxy) is 1. The third-order valence-corrected chi connectivity index (χ3v) is 5.59. The van der Waals surface area contributed by atoms with Gasteiger partial charge in [-0.3, -0.25) is 14.7 Å². The molecule has 1 saturated heterocycles. The number of anilines is 1. The summed E-state index contributed by atoms with van der Waals surface area (Å²) in [6, 6.07) is 12.7. The minimum Gasteiger partial charge on any atom is -0.478 e. The molecule has 0 unspecified atom stereocenters. The molecule has 160 valence electrons. The van der Waals surface area contributed by atoms with Crippen molar-refractivity contribution in [3.8, 4) is 5.75 Å². The molecule has 0 aromatic heterocycles. The van der Waals surface area contributed by atoms with E-state index in [0.717, 1.165) is 35.6 Å². The summed E-state index contributed by atoms with van der Waals surface area (Å²) < 4.78 is 5.23. The Labute approximate surface area is 189 Å². The molecule has 1 heterocycles. The van der Waals surface area contributed by atoms with Crippen molar-refractivity contribution in [2.24, 2.45) is 4.99 Å². The van der Waals surface area contributed by atoms with Crippen molar-refractivity contribution in [3.63, 3.8) is 0 Å². The van der Waals surface area contributed by atoms with Gasteiger partial charge >= 0.3 is 5.97 Å². The summed E-state index contributed by atoms with van der Waals surface area (Å²) >= 11 is 7.58. The maximum absolute atomic E-state index is 13.2. The van der Waals surface area contributed by atoms with E-state index in [1.54, 1.807) is 29.2 Å². The molecular formula is C23H21ClN2O4S. The van der Waals surface area contributed by atoms with Crippen molar-refractivity contribution < 1.29 is 19.4 Å². The van der Waals surface area contributed by atoms with Crippen LogP contribution in [0.5, 0.6) is 5.75 Å². The largest absolute Gasteiger partial charge is 0.478 e. The minimum atomic E-state index is -1.12. The lowest BCUT2D eigenvalue weighted by Crippen LogP contribution is -2.29. The number of rotatable bonds is 7. The van der Waals surface area contributed by atoms with Crippen molar-refractivity contribution in [2.45, 2.75) is 20.3 Å². The lowest BCUT2D eigenvalue weighted by atomic mass is 10.1. The predicted octanol–water partition coefficient (Wildman–Crippen LogP) is 5.51. The predicted molar refractivity (Wildman–Crippen MR) is 126 cm³/mol. The van der Waals surface area contributed by atoms with E-state index in [1.807, 2.05) is 38.1 Å². The maximum Gasteiger partial charge on any atom is 0.331 e. The number of para-hydroxylation sites is 1.